The van der Waals surface area contributed by atoms with Crippen molar-refractivity contribution in [3.8, 4) is 0 Å². The zero-order valence-electron chi connectivity index (χ0n) is 19.0. The Balaban J connectivity index is 1.55. The zero-order chi connectivity index (χ0) is 25.4. The Morgan fingerprint density at radius 1 is 1.11 bits per heavy atom. The third-order valence-electron chi connectivity index (χ3n) is 6.77. The number of carbonyl (C=O) groups is 1. The van der Waals surface area contributed by atoms with Gasteiger partial charge in [-0.15, -0.1) is 0 Å². The van der Waals surface area contributed by atoms with E-state index in [1.807, 2.05) is 18.2 Å². The fourth-order valence-corrected chi connectivity index (χ4v) is 4.92. The van der Waals surface area contributed by atoms with Gasteiger partial charge >= 0.3 is 5.97 Å². The molecule has 0 spiro atoms. The van der Waals surface area contributed by atoms with Crippen molar-refractivity contribution in [3.63, 3.8) is 0 Å². The van der Waals surface area contributed by atoms with Crippen LogP contribution in [-0.4, -0.2) is 97.5 Å². The van der Waals surface area contributed by atoms with E-state index < -0.39 is 72.8 Å². The molecule has 35 heavy (non-hydrogen) atoms. The summed E-state index contributed by atoms with van der Waals surface area (Å²) in [4.78, 5) is 12.6. The summed E-state index contributed by atoms with van der Waals surface area (Å²) in [5.74, 6) is -1.90. The topological polar surface area (TPSA) is 175 Å². The van der Waals surface area contributed by atoms with Gasteiger partial charge in [-0.05, 0) is 24.6 Å². The molecular weight excluding hydrogens is 464 g/mol. The minimum atomic E-state index is -1.91. The van der Waals surface area contributed by atoms with Crippen molar-refractivity contribution in [2.75, 3.05) is 6.61 Å². The standard InChI is InChI=1S/C24H30O11/c1-23(35-16(27)8-7-13-5-3-2-4-6-13)11-15(26)24(31)9-10-32-22(20(23)24)34-21-19(30)18(29)17(28)14(12-25)33-21/h2-10,14-15,17-22,25-26,28-31H,11-12H2,1H3/b8-7+/t14-,15+,17-,18+,19-,20+,21-,22-,23-,24+/m0/s1. The number of aliphatic hydroxyl groups excluding tert-OH is 5. The van der Waals surface area contributed by atoms with Crippen LogP contribution in [0.25, 0.3) is 6.08 Å². The number of hydrogen-bond acceptors (Lipinski definition) is 11. The Bertz CT molecular complexity index is 950. The average Bonchev–Trinajstić information content (AvgIpc) is 3.03. The molecule has 0 amide bonds. The lowest BCUT2D eigenvalue weighted by atomic mass is 9.81. The fourth-order valence-electron chi connectivity index (χ4n) is 4.92. The maximum atomic E-state index is 12.6. The van der Waals surface area contributed by atoms with Crippen LogP contribution in [0.5, 0.6) is 0 Å². The third-order valence-corrected chi connectivity index (χ3v) is 6.77. The molecule has 2 aliphatic heterocycles. The molecular formula is C24H30O11. The van der Waals surface area contributed by atoms with E-state index in [1.165, 1.54) is 19.1 Å². The molecule has 11 nitrogen and oxygen atoms in total. The maximum absolute atomic E-state index is 12.6. The number of esters is 1. The van der Waals surface area contributed by atoms with Gasteiger partial charge in [0.2, 0.25) is 6.29 Å². The number of hydrogen-bond donors (Lipinski definition) is 6. The summed E-state index contributed by atoms with van der Waals surface area (Å²) < 4.78 is 22.3. The molecule has 1 saturated heterocycles. The molecule has 1 aromatic rings. The van der Waals surface area contributed by atoms with Crippen LogP contribution in [0.1, 0.15) is 18.9 Å². The monoisotopic (exact) mass is 494 g/mol. The molecule has 1 aliphatic carbocycles. The molecule has 0 radical (unpaired) electrons. The molecule has 0 unspecified atom stereocenters. The highest BCUT2D eigenvalue weighted by molar-refractivity contribution is 5.87. The molecule has 2 heterocycles. The highest BCUT2D eigenvalue weighted by Gasteiger charge is 2.66. The van der Waals surface area contributed by atoms with Crippen LogP contribution in [0, 0.1) is 5.92 Å². The van der Waals surface area contributed by atoms with Gasteiger partial charge in [-0.2, -0.15) is 0 Å². The van der Waals surface area contributed by atoms with Crippen LogP contribution in [0.15, 0.2) is 48.7 Å². The molecule has 0 aromatic heterocycles. The smallest absolute Gasteiger partial charge is 0.331 e. The Morgan fingerprint density at radius 3 is 2.51 bits per heavy atom. The number of benzene rings is 1. The Morgan fingerprint density at radius 2 is 1.83 bits per heavy atom. The molecule has 6 N–H and O–H groups in total. The SMILES string of the molecule is C[C@]1(OC(=O)/C=C/c2ccccc2)C[C@@H](O)[C@]2(O)C=CO[C@@H](O[C@@H]3O[C@@H](CO)[C@H](O)[C@@H](O)[C@@H]3O)[C@@H]21. The molecule has 0 bridgehead atoms. The number of rotatable bonds is 6. The first-order valence-corrected chi connectivity index (χ1v) is 11.2. The van der Waals surface area contributed by atoms with Crippen molar-refractivity contribution in [2.24, 2.45) is 5.92 Å². The second-order valence-corrected chi connectivity index (χ2v) is 9.20. The normalized spacial score (nSPS) is 43.1. The van der Waals surface area contributed by atoms with Crippen molar-refractivity contribution in [2.45, 2.75) is 67.6 Å². The van der Waals surface area contributed by atoms with E-state index in [-0.39, 0.29) is 6.42 Å². The molecule has 1 aromatic carbocycles. The predicted octanol–water partition coefficient (Wildman–Crippen LogP) is -1.20. The number of aliphatic hydroxyl groups is 6. The van der Waals surface area contributed by atoms with E-state index in [4.69, 9.17) is 18.9 Å². The van der Waals surface area contributed by atoms with Gasteiger partial charge in [0, 0.05) is 12.5 Å². The van der Waals surface area contributed by atoms with E-state index in [9.17, 15) is 35.4 Å². The third kappa shape index (κ3) is 4.86. The predicted molar refractivity (Wildman–Crippen MR) is 118 cm³/mol. The summed E-state index contributed by atoms with van der Waals surface area (Å²) in [5, 5.41) is 61.7. The molecule has 1 saturated carbocycles. The molecule has 4 rings (SSSR count). The largest absolute Gasteiger partial charge is 0.472 e. The lowest BCUT2D eigenvalue weighted by Crippen LogP contribution is -2.62. The van der Waals surface area contributed by atoms with E-state index >= 15 is 0 Å². The van der Waals surface area contributed by atoms with Crippen LogP contribution in [-0.2, 0) is 23.7 Å². The number of fused-ring (bicyclic) bond motifs is 1. The summed E-state index contributed by atoms with van der Waals surface area (Å²) in [6.45, 7) is 0.852. The van der Waals surface area contributed by atoms with Crippen molar-refractivity contribution in [3.05, 3.63) is 54.3 Å². The lowest BCUT2D eigenvalue weighted by Gasteiger charge is -2.45. The van der Waals surface area contributed by atoms with Gasteiger partial charge in [0.1, 0.15) is 35.6 Å². The lowest BCUT2D eigenvalue weighted by molar-refractivity contribution is -0.351. The van der Waals surface area contributed by atoms with Crippen LogP contribution in [0.3, 0.4) is 0 Å². The number of carbonyl (C=O) groups excluding carboxylic acids is 1. The summed E-state index contributed by atoms with van der Waals surface area (Å²) in [6, 6.07) is 9.06. The van der Waals surface area contributed by atoms with Gasteiger partial charge in [-0.1, -0.05) is 30.3 Å². The van der Waals surface area contributed by atoms with Gasteiger partial charge < -0.3 is 49.6 Å². The van der Waals surface area contributed by atoms with E-state index in [0.717, 1.165) is 11.8 Å². The first-order valence-electron chi connectivity index (χ1n) is 11.2. The molecule has 10 atom stereocenters. The summed E-state index contributed by atoms with van der Waals surface area (Å²) in [7, 11) is 0. The van der Waals surface area contributed by atoms with Crippen LogP contribution in [0.4, 0.5) is 0 Å². The second-order valence-electron chi connectivity index (χ2n) is 9.20. The highest BCUT2D eigenvalue weighted by Crippen LogP contribution is 2.51. The zero-order valence-corrected chi connectivity index (χ0v) is 19.0. The number of ether oxygens (including phenoxy) is 4. The van der Waals surface area contributed by atoms with Gasteiger partial charge in [0.25, 0.3) is 0 Å². The van der Waals surface area contributed by atoms with Gasteiger partial charge in [-0.3, -0.25) is 0 Å². The Hall–Kier alpha value is -2.35. The van der Waals surface area contributed by atoms with Crippen molar-refractivity contribution in [1.29, 1.82) is 0 Å². The van der Waals surface area contributed by atoms with Crippen molar-refractivity contribution in [1.82, 2.24) is 0 Å². The van der Waals surface area contributed by atoms with Crippen LogP contribution < -0.4 is 0 Å². The average molecular weight is 494 g/mol. The van der Waals surface area contributed by atoms with Gasteiger partial charge in [0.15, 0.2) is 6.29 Å². The van der Waals surface area contributed by atoms with Gasteiger partial charge in [-0.25, -0.2) is 4.79 Å². The van der Waals surface area contributed by atoms with Crippen molar-refractivity contribution < 1.29 is 54.4 Å². The highest BCUT2D eigenvalue weighted by atomic mass is 16.8. The molecule has 11 heteroatoms. The molecule has 192 valence electrons. The quantitative estimate of drug-likeness (QED) is 0.207. The summed E-state index contributed by atoms with van der Waals surface area (Å²) in [5.41, 5.74) is -2.62. The Labute approximate surface area is 201 Å². The second kappa shape index (κ2) is 9.96. The van der Waals surface area contributed by atoms with E-state index in [1.54, 1.807) is 18.2 Å². The minimum Gasteiger partial charge on any atom is -0.472 e. The maximum Gasteiger partial charge on any atom is 0.331 e. The molecule has 2 fully saturated rings. The Kier molecular flexibility index (Phi) is 7.32. The first-order chi connectivity index (χ1) is 16.6. The van der Waals surface area contributed by atoms with Crippen LogP contribution in [0.2, 0.25) is 0 Å². The molecule has 3 aliphatic rings. The van der Waals surface area contributed by atoms with Crippen LogP contribution >= 0.6 is 0 Å². The van der Waals surface area contributed by atoms with E-state index in [0.29, 0.717) is 0 Å². The minimum absolute atomic E-state index is 0.151. The van der Waals surface area contributed by atoms with Gasteiger partial charge in [0.05, 0.1) is 24.9 Å². The summed E-state index contributed by atoms with van der Waals surface area (Å²) >= 11 is 0. The fraction of sp³-hybridized carbons (Fsp3) is 0.542. The van der Waals surface area contributed by atoms with Crippen molar-refractivity contribution >= 4 is 12.0 Å². The summed E-state index contributed by atoms with van der Waals surface area (Å²) in [6.07, 6.45) is -5.57. The van der Waals surface area contributed by atoms with E-state index in [2.05, 4.69) is 0 Å². The first kappa shape index (κ1) is 25.7.